The van der Waals surface area contributed by atoms with Crippen molar-refractivity contribution in [1.82, 2.24) is 20.3 Å². The van der Waals surface area contributed by atoms with Gasteiger partial charge < -0.3 is 14.6 Å². The van der Waals surface area contributed by atoms with Crippen LogP contribution in [-0.2, 0) is 16.1 Å². The Balaban J connectivity index is 1.45. The molecule has 2 atom stereocenters. The molecule has 8 heteroatoms. The second kappa shape index (κ2) is 8.92. The summed E-state index contributed by atoms with van der Waals surface area (Å²) in [4.78, 5) is 13.7. The molecule has 1 aliphatic carbocycles. The molecule has 0 unspecified atom stereocenters. The van der Waals surface area contributed by atoms with Crippen LogP contribution in [0.25, 0.3) is 21.9 Å². The average molecular weight is 415 g/mol. The Bertz CT molecular complexity index is 947. The lowest BCUT2D eigenvalue weighted by molar-refractivity contribution is -0.127. The largest absolute Gasteiger partial charge is 0.381 e. The van der Waals surface area contributed by atoms with Gasteiger partial charge in [-0.25, -0.2) is 0 Å². The molecular formula is C21H26N4O3S. The van der Waals surface area contributed by atoms with Crippen molar-refractivity contribution in [3.05, 3.63) is 35.5 Å². The number of carbonyl (C=O) groups is 1. The minimum absolute atomic E-state index is 0.0378. The average Bonchev–Trinajstić information content (AvgIpc) is 3.48. The highest BCUT2D eigenvalue weighted by Crippen LogP contribution is 2.35. The van der Waals surface area contributed by atoms with Crippen LogP contribution in [0.4, 0.5) is 0 Å². The maximum absolute atomic E-state index is 12.6. The molecule has 29 heavy (non-hydrogen) atoms. The molecule has 3 heterocycles. The van der Waals surface area contributed by atoms with Crippen LogP contribution in [0.15, 0.2) is 34.3 Å². The molecule has 0 spiro atoms. The first kappa shape index (κ1) is 19.8. The van der Waals surface area contributed by atoms with Gasteiger partial charge >= 0.3 is 0 Å². The number of hydrogen-bond acceptors (Lipinski definition) is 6. The van der Waals surface area contributed by atoms with Crippen LogP contribution >= 0.6 is 11.3 Å². The van der Waals surface area contributed by atoms with Crippen molar-refractivity contribution in [2.75, 3.05) is 13.7 Å². The number of nitrogens with zero attached hydrogens (tertiary/aromatic N) is 3. The van der Waals surface area contributed by atoms with Gasteiger partial charge in [0.05, 0.1) is 40.7 Å². The number of aryl methyl sites for hydroxylation is 1. The number of rotatable bonds is 7. The number of carbonyl (C=O) groups excluding carboxylic acids is 1. The molecule has 1 fully saturated rings. The normalized spacial score (nSPS) is 19.4. The monoisotopic (exact) mass is 414 g/mol. The zero-order chi connectivity index (χ0) is 20.2. The van der Waals surface area contributed by atoms with Crippen molar-refractivity contribution in [2.24, 2.45) is 5.92 Å². The van der Waals surface area contributed by atoms with Crippen LogP contribution in [0.3, 0.4) is 0 Å². The molecule has 0 radical (unpaired) electrons. The Morgan fingerprint density at radius 3 is 3.07 bits per heavy atom. The molecule has 0 bridgehead atoms. The van der Waals surface area contributed by atoms with Crippen LogP contribution in [-0.4, -0.2) is 40.6 Å². The third-order valence-electron chi connectivity index (χ3n) is 5.44. The molecule has 0 aromatic carbocycles. The lowest BCUT2D eigenvalue weighted by atomic mass is 9.86. The van der Waals surface area contributed by atoms with Crippen LogP contribution in [0.1, 0.15) is 31.4 Å². The van der Waals surface area contributed by atoms with Crippen LogP contribution in [0, 0.1) is 12.8 Å². The van der Waals surface area contributed by atoms with Crippen LogP contribution < -0.4 is 5.32 Å². The SMILES string of the molecule is CO[C@H]1CCC[C@@H](C(=O)NCCn2ncc(-c3cc(C)no3)c2-c2cccs2)C1. The maximum atomic E-state index is 12.6. The summed E-state index contributed by atoms with van der Waals surface area (Å²) >= 11 is 1.65. The van der Waals surface area contributed by atoms with E-state index in [0.717, 1.165) is 47.5 Å². The fourth-order valence-electron chi connectivity index (χ4n) is 3.93. The Morgan fingerprint density at radius 2 is 2.34 bits per heavy atom. The van der Waals surface area contributed by atoms with Gasteiger partial charge in [-0.05, 0) is 37.6 Å². The fourth-order valence-corrected chi connectivity index (χ4v) is 4.71. The van der Waals surface area contributed by atoms with Gasteiger partial charge in [-0.3, -0.25) is 9.48 Å². The molecule has 7 nitrogen and oxygen atoms in total. The first-order valence-corrected chi connectivity index (χ1v) is 10.9. The third-order valence-corrected chi connectivity index (χ3v) is 6.32. The zero-order valence-electron chi connectivity index (χ0n) is 16.8. The van der Waals surface area contributed by atoms with Crippen LogP contribution in [0.5, 0.6) is 0 Å². The third kappa shape index (κ3) is 4.43. The van der Waals surface area contributed by atoms with Crippen LogP contribution in [0.2, 0.25) is 0 Å². The van der Waals surface area contributed by atoms with E-state index in [-0.39, 0.29) is 17.9 Å². The Kier molecular flexibility index (Phi) is 6.10. The lowest BCUT2D eigenvalue weighted by Crippen LogP contribution is -2.37. The molecule has 4 rings (SSSR count). The number of hydrogen-bond donors (Lipinski definition) is 1. The number of nitrogens with one attached hydrogen (secondary N) is 1. The fraction of sp³-hybridized carbons (Fsp3) is 0.476. The van der Waals surface area contributed by atoms with Gasteiger partial charge in [0.25, 0.3) is 0 Å². The van der Waals surface area contributed by atoms with Gasteiger partial charge in [-0.2, -0.15) is 5.10 Å². The van der Waals surface area contributed by atoms with E-state index in [1.165, 1.54) is 0 Å². The van der Waals surface area contributed by atoms with Crippen molar-refractivity contribution in [3.63, 3.8) is 0 Å². The number of ether oxygens (including phenoxy) is 1. The summed E-state index contributed by atoms with van der Waals surface area (Å²) in [6.07, 6.45) is 5.83. The van der Waals surface area contributed by atoms with Gasteiger partial charge in [0.15, 0.2) is 5.76 Å². The zero-order valence-corrected chi connectivity index (χ0v) is 17.6. The molecule has 1 N–H and O–H groups in total. The minimum Gasteiger partial charge on any atom is -0.381 e. The summed E-state index contributed by atoms with van der Waals surface area (Å²) in [6.45, 7) is 3.02. The predicted octanol–water partition coefficient (Wildman–Crippen LogP) is 3.90. The summed E-state index contributed by atoms with van der Waals surface area (Å²) in [5.41, 5.74) is 2.73. The Morgan fingerprint density at radius 1 is 1.45 bits per heavy atom. The number of methoxy groups -OCH3 is 1. The van der Waals surface area contributed by atoms with E-state index in [2.05, 4.69) is 21.6 Å². The van der Waals surface area contributed by atoms with Crippen molar-refractivity contribution < 1.29 is 14.1 Å². The first-order valence-electron chi connectivity index (χ1n) is 9.99. The van der Waals surface area contributed by atoms with E-state index in [0.29, 0.717) is 18.8 Å². The summed E-state index contributed by atoms with van der Waals surface area (Å²) < 4.78 is 12.8. The Hall–Kier alpha value is -2.45. The smallest absolute Gasteiger partial charge is 0.223 e. The van der Waals surface area contributed by atoms with E-state index >= 15 is 0 Å². The highest BCUT2D eigenvalue weighted by molar-refractivity contribution is 7.13. The van der Waals surface area contributed by atoms with Gasteiger partial charge in [0.1, 0.15) is 0 Å². The highest BCUT2D eigenvalue weighted by Gasteiger charge is 2.27. The summed E-state index contributed by atoms with van der Waals surface area (Å²) in [7, 11) is 1.72. The molecular weight excluding hydrogens is 388 g/mol. The first-order chi connectivity index (χ1) is 14.2. The van der Waals surface area contributed by atoms with Crippen molar-refractivity contribution in [2.45, 2.75) is 45.3 Å². The second-order valence-corrected chi connectivity index (χ2v) is 8.40. The lowest BCUT2D eigenvalue weighted by Gasteiger charge is -2.27. The molecule has 0 aliphatic heterocycles. The number of thiophene rings is 1. The van der Waals surface area contributed by atoms with E-state index in [4.69, 9.17) is 9.26 Å². The minimum atomic E-state index is 0.0378. The molecule has 1 saturated carbocycles. The van der Waals surface area contributed by atoms with Gasteiger partial charge in [-0.1, -0.05) is 17.6 Å². The van der Waals surface area contributed by atoms with E-state index in [1.54, 1.807) is 24.6 Å². The molecule has 3 aromatic rings. The highest BCUT2D eigenvalue weighted by atomic mass is 32.1. The maximum Gasteiger partial charge on any atom is 0.223 e. The number of aromatic nitrogens is 3. The van der Waals surface area contributed by atoms with Crippen molar-refractivity contribution >= 4 is 17.2 Å². The standard InChI is InChI=1S/C21H26N4O3S/c1-14-11-18(28-24-14)17-13-23-25(20(17)19-7-4-10-29-19)9-8-22-21(26)15-5-3-6-16(12-15)27-2/h4,7,10-11,13,15-16H,3,5-6,8-9,12H2,1-2H3,(H,22,26)/t15-,16+/m1/s1. The van der Waals surface area contributed by atoms with Gasteiger partial charge in [-0.15, -0.1) is 11.3 Å². The summed E-state index contributed by atoms with van der Waals surface area (Å²) in [5, 5.41) is 13.7. The second-order valence-electron chi connectivity index (χ2n) is 7.45. The van der Waals surface area contributed by atoms with E-state index < -0.39 is 0 Å². The molecule has 0 saturated heterocycles. The summed E-state index contributed by atoms with van der Waals surface area (Å²) in [5.74, 6) is 0.854. The van der Waals surface area contributed by atoms with E-state index in [9.17, 15) is 4.79 Å². The number of amides is 1. The van der Waals surface area contributed by atoms with Crippen molar-refractivity contribution in [1.29, 1.82) is 0 Å². The molecule has 154 valence electrons. The van der Waals surface area contributed by atoms with Crippen molar-refractivity contribution in [3.8, 4) is 21.9 Å². The predicted molar refractivity (Wildman–Crippen MR) is 112 cm³/mol. The molecule has 1 aliphatic rings. The molecule has 1 amide bonds. The Labute approximate surface area is 174 Å². The van der Waals surface area contributed by atoms with Gasteiger partial charge in [0, 0.05) is 25.6 Å². The topological polar surface area (TPSA) is 82.2 Å². The summed E-state index contributed by atoms with van der Waals surface area (Å²) in [6, 6.07) is 6.00. The quantitative estimate of drug-likeness (QED) is 0.634. The molecule has 3 aromatic heterocycles. The van der Waals surface area contributed by atoms with Gasteiger partial charge in [0.2, 0.25) is 5.91 Å². The van der Waals surface area contributed by atoms with E-state index in [1.807, 2.05) is 29.1 Å².